The van der Waals surface area contributed by atoms with Crippen LogP contribution >= 0.6 is 0 Å². The molecule has 0 radical (unpaired) electrons. The largest absolute Gasteiger partial charge is 0.345 e. The minimum atomic E-state index is 0.0307. The fourth-order valence-electron chi connectivity index (χ4n) is 1.83. The van der Waals surface area contributed by atoms with Crippen LogP contribution in [0.2, 0.25) is 0 Å². The second-order valence-electron chi connectivity index (χ2n) is 5.51. The Morgan fingerprint density at radius 2 is 1.70 bits per heavy atom. The molecule has 4 heteroatoms. The van der Waals surface area contributed by atoms with Gasteiger partial charge < -0.3 is 4.90 Å². The summed E-state index contributed by atoms with van der Waals surface area (Å²) >= 11 is 0. The molecule has 0 N–H and O–H groups in total. The lowest BCUT2D eigenvalue weighted by Crippen LogP contribution is -2.39. The predicted molar refractivity (Wildman–Crippen MR) is 83.6 cm³/mol. The van der Waals surface area contributed by atoms with Gasteiger partial charge in [-0.2, -0.15) is 0 Å². The first-order valence-corrected chi connectivity index (χ1v) is 7.59. The smallest absolute Gasteiger partial charge is 0.236 e. The van der Waals surface area contributed by atoms with E-state index in [1.807, 2.05) is 27.0 Å². The van der Waals surface area contributed by atoms with E-state index in [1.165, 1.54) is 0 Å². The zero-order valence-electron chi connectivity index (χ0n) is 13.7. The summed E-state index contributed by atoms with van der Waals surface area (Å²) in [5, 5.41) is 0. The van der Waals surface area contributed by atoms with Crippen molar-refractivity contribution in [3.63, 3.8) is 0 Å². The van der Waals surface area contributed by atoms with E-state index >= 15 is 0 Å². The van der Waals surface area contributed by atoms with Gasteiger partial charge in [0, 0.05) is 26.1 Å². The molecule has 4 nitrogen and oxygen atoms in total. The standard InChI is InChI=1S/C16H30N2O2/c1-6-10-17(5)16(20)13-18(11-7-2)12-8-9-15(19)14(3)4/h8-9,14H,6-7,10-13H2,1-5H3/b9-8+. The van der Waals surface area contributed by atoms with Crippen molar-refractivity contribution in [2.45, 2.75) is 40.5 Å². The Balaban J connectivity index is 4.36. The molecule has 0 aromatic heterocycles. The first-order chi connectivity index (χ1) is 9.42. The summed E-state index contributed by atoms with van der Waals surface area (Å²) in [4.78, 5) is 27.4. The van der Waals surface area contributed by atoms with Crippen LogP contribution in [-0.4, -0.2) is 54.7 Å². The number of carbonyl (C=O) groups excluding carboxylic acids is 2. The first kappa shape index (κ1) is 18.8. The first-order valence-electron chi connectivity index (χ1n) is 7.59. The van der Waals surface area contributed by atoms with Crippen LogP contribution in [0.1, 0.15) is 40.5 Å². The lowest BCUT2D eigenvalue weighted by molar-refractivity contribution is -0.131. The topological polar surface area (TPSA) is 40.6 Å². The number of allylic oxidation sites excluding steroid dienone is 1. The van der Waals surface area contributed by atoms with Crippen LogP contribution < -0.4 is 0 Å². The van der Waals surface area contributed by atoms with Crippen LogP contribution in [0.25, 0.3) is 0 Å². The van der Waals surface area contributed by atoms with Crippen molar-refractivity contribution in [2.24, 2.45) is 5.92 Å². The van der Waals surface area contributed by atoms with Crippen molar-refractivity contribution in [2.75, 3.05) is 33.2 Å². The van der Waals surface area contributed by atoms with Crippen LogP contribution in [0, 0.1) is 5.92 Å². The molecule has 0 aliphatic rings. The average molecular weight is 282 g/mol. The van der Waals surface area contributed by atoms with Crippen LogP contribution in [-0.2, 0) is 9.59 Å². The van der Waals surface area contributed by atoms with Gasteiger partial charge in [-0.25, -0.2) is 0 Å². The minimum Gasteiger partial charge on any atom is -0.345 e. The Morgan fingerprint density at radius 3 is 2.20 bits per heavy atom. The highest BCUT2D eigenvalue weighted by atomic mass is 16.2. The van der Waals surface area contributed by atoms with E-state index in [9.17, 15) is 9.59 Å². The van der Waals surface area contributed by atoms with Gasteiger partial charge >= 0.3 is 0 Å². The summed E-state index contributed by atoms with van der Waals surface area (Å²) in [6.07, 6.45) is 5.47. The fraction of sp³-hybridized carbons (Fsp3) is 0.750. The minimum absolute atomic E-state index is 0.0307. The molecule has 0 aliphatic carbocycles. The predicted octanol–water partition coefficient (Wildman–Crippen LogP) is 2.35. The van der Waals surface area contributed by atoms with Gasteiger partial charge in [0.05, 0.1) is 6.54 Å². The van der Waals surface area contributed by atoms with Crippen molar-refractivity contribution < 1.29 is 9.59 Å². The third kappa shape index (κ3) is 8.10. The van der Waals surface area contributed by atoms with Crippen molar-refractivity contribution in [3.8, 4) is 0 Å². The maximum Gasteiger partial charge on any atom is 0.236 e. The Kier molecular flexibility index (Phi) is 9.99. The van der Waals surface area contributed by atoms with Gasteiger partial charge in [0.15, 0.2) is 5.78 Å². The van der Waals surface area contributed by atoms with E-state index in [4.69, 9.17) is 0 Å². The number of hydrogen-bond donors (Lipinski definition) is 0. The normalized spacial score (nSPS) is 11.6. The van der Waals surface area contributed by atoms with Crippen molar-refractivity contribution in [1.82, 2.24) is 9.80 Å². The van der Waals surface area contributed by atoms with E-state index in [0.29, 0.717) is 13.1 Å². The van der Waals surface area contributed by atoms with Crippen LogP contribution in [0.3, 0.4) is 0 Å². The number of amides is 1. The molecule has 0 heterocycles. The van der Waals surface area contributed by atoms with Gasteiger partial charge in [-0.05, 0) is 25.5 Å². The monoisotopic (exact) mass is 282 g/mol. The second-order valence-corrected chi connectivity index (χ2v) is 5.51. The highest BCUT2D eigenvalue weighted by Gasteiger charge is 2.12. The van der Waals surface area contributed by atoms with Gasteiger partial charge in [0.1, 0.15) is 0 Å². The molecule has 0 unspecified atom stereocenters. The lowest BCUT2D eigenvalue weighted by Gasteiger charge is -2.23. The van der Waals surface area contributed by atoms with Crippen LogP contribution in [0.5, 0.6) is 0 Å². The number of carbonyl (C=O) groups is 2. The Hall–Kier alpha value is -1.16. The summed E-state index contributed by atoms with van der Waals surface area (Å²) in [7, 11) is 1.84. The third-order valence-electron chi connectivity index (χ3n) is 3.10. The van der Waals surface area contributed by atoms with Gasteiger partial charge in [0.25, 0.3) is 0 Å². The summed E-state index contributed by atoms with van der Waals surface area (Å²) in [5.74, 6) is 0.308. The molecule has 0 atom stereocenters. The second kappa shape index (κ2) is 10.6. The molecule has 0 saturated carbocycles. The molecule has 0 aromatic rings. The molecule has 116 valence electrons. The number of rotatable bonds is 10. The van der Waals surface area contributed by atoms with Crippen LogP contribution in [0.15, 0.2) is 12.2 Å². The summed E-state index contributed by atoms with van der Waals surface area (Å²) in [6.45, 7) is 10.7. The third-order valence-corrected chi connectivity index (χ3v) is 3.10. The van der Waals surface area contributed by atoms with Crippen molar-refractivity contribution in [1.29, 1.82) is 0 Å². The summed E-state index contributed by atoms with van der Waals surface area (Å²) < 4.78 is 0. The maximum absolute atomic E-state index is 12.0. The molecule has 0 saturated heterocycles. The Labute approximate surface area is 123 Å². The number of likely N-dealkylation sites (N-methyl/N-ethyl adjacent to an activating group) is 1. The van der Waals surface area contributed by atoms with E-state index in [1.54, 1.807) is 11.0 Å². The highest BCUT2D eigenvalue weighted by Crippen LogP contribution is 1.99. The molecule has 0 spiro atoms. The molecule has 0 aromatic carbocycles. The maximum atomic E-state index is 12.0. The van der Waals surface area contributed by atoms with Gasteiger partial charge in [-0.3, -0.25) is 14.5 Å². The molecule has 0 aliphatic heterocycles. The van der Waals surface area contributed by atoms with Crippen molar-refractivity contribution >= 4 is 11.7 Å². The summed E-state index contributed by atoms with van der Waals surface area (Å²) in [5.41, 5.74) is 0. The van der Waals surface area contributed by atoms with Gasteiger partial charge in [0.2, 0.25) is 5.91 Å². The zero-order valence-corrected chi connectivity index (χ0v) is 13.7. The molecule has 0 rings (SSSR count). The molecule has 20 heavy (non-hydrogen) atoms. The van der Waals surface area contributed by atoms with Crippen LogP contribution in [0.4, 0.5) is 0 Å². The van der Waals surface area contributed by atoms with E-state index in [-0.39, 0.29) is 17.6 Å². The van der Waals surface area contributed by atoms with E-state index in [0.717, 1.165) is 25.9 Å². The Bertz CT molecular complexity index is 324. The van der Waals surface area contributed by atoms with Gasteiger partial charge in [-0.15, -0.1) is 0 Å². The number of ketones is 1. The number of hydrogen-bond acceptors (Lipinski definition) is 3. The molecule has 0 fully saturated rings. The summed E-state index contributed by atoms with van der Waals surface area (Å²) in [6, 6.07) is 0. The SMILES string of the molecule is CCCN(C/C=C/C(=O)C(C)C)CC(=O)N(C)CCC. The number of nitrogens with zero attached hydrogens (tertiary/aromatic N) is 2. The van der Waals surface area contributed by atoms with E-state index < -0.39 is 0 Å². The molecule has 1 amide bonds. The van der Waals surface area contributed by atoms with Gasteiger partial charge in [-0.1, -0.05) is 33.8 Å². The molecular formula is C16H30N2O2. The van der Waals surface area contributed by atoms with Crippen molar-refractivity contribution in [3.05, 3.63) is 12.2 Å². The quantitative estimate of drug-likeness (QED) is 0.578. The molecular weight excluding hydrogens is 252 g/mol. The lowest BCUT2D eigenvalue weighted by atomic mass is 10.1. The average Bonchev–Trinajstić information content (AvgIpc) is 2.38. The molecule has 0 bridgehead atoms. The highest BCUT2D eigenvalue weighted by molar-refractivity contribution is 5.91. The zero-order chi connectivity index (χ0) is 15.5. The van der Waals surface area contributed by atoms with E-state index in [2.05, 4.69) is 18.7 Å². The Morgan fingerprint density at radius 1 is 1.10 bits per heavy atom. The fourth-order valence-corrected chi connectivity index (χ4v) is 1.83.